The number of carbonyl (C=O) groups excluding carboxylic acids is 1. The van der Waals surface area contributed by atoms with Gasteiger partial charge in [0, 0.05) is 31.5 Å². The monoisotopic (exact) mass is 254 g/mol. The first-order valence-electron chi connectivity index (χ1n) is 5.23. The van der Waals surface area contributed by atoms with E-state index >= 15 is 0 Å². The van der Waals surface area contributed by atoms with E-state index in [2.05, 4.69) is 4.98 Å². The fourth-order valence-electron chi connectivity index (χ4n) is 1.38. The number of carboxylic acid groups (broad SMARTS) is 1. The lowest BCUT2D eigenvalue weighted by Crippen LogP contribution is -2.38. The summed E-state index contributed by atoms with van der Waals surface area (Å²) in [6.07, 6.45) is 1.34. The summed E-state index contributed by atoms with van der Waals surface area (Å²) in [5.74, 6) is -1.63. The van der Waals surface area contributed by atoms with Crippen LogP contribution in [0.25, 0.3) is 0 Å². The number of rotatable bonds is 6. The van der Waals surface area contributed by atoms with E-state index in [9.17, 15) is 14.4 Å². The van der Waals surface area contributed by atoms with Crippen molar-refractivity contribution in [2.45, 2.75) is 0 Å². The Balaban J connectivity index is 2.87. The number of ether oxygens (including phenoxy) is 1. The molecule has 1 amide bonds. The Bertz CT molecular complexity index is 482. The lowest BCUT2D eigenvalue weighted by atomic mass is 10.2. The third-order valence-electron chi connectivity index (χ3n) is 2.20. The smallest absolute Gasteiger partial charge is 0.323 e. The SMILES string of the molecule is COCCN(CC(=O)O)C(=O)c1cc[nH]c(=O)c1. The number of H-pyrrole nitrogens is 1. The molecule has 0 bridgehead atoms. The first kappa shape index (κ1) is 13.9. The first-order valence-corrected chi connectivity index (χ1v) is 5.23. The van der Waals surface area contributed by atoms with E-state index in [1.165, 1.54) is 19.4 Å². The van der Waals surface area contributed by atoms with Crippen LogP contribution >= 0.6 is 0 Å². The van der Waals surface area contributed by atoms with Crippen molar-refractivity contribution in [3.63, 3.8) is 0 Å². The van der Waals surface area contributed by atoms with Crippen LogP contribution in [0.5, 0.6) is 0 Å². The molecule has 0 fully saturated rings. The average Bonchev–Trinajstić information content (AvgIpc) is 2.33. The van der Waals surface area contributed by atoms with Gasteiger partial charge in [0.25, 0.3) is 5.91 Å². The van der Waals surface area contributed by atoms with Crippen LogP contribution in [0, 0.1) is 0 Å². The fourth-order valence-corrected chi connectivity index (χ4v) is 1.38. The number of pyridine rings is 1. The summed E-state index contributed by atoms with van der Waals surface area (Å²) in [5.41, 5.74) is -0.265. The van der Waals surface area contributed by atoms with E-state index in [-0.39, 0.29) is 18.7 Å². The van der Waals surface area contributed by atoms with Gasteiger partial charge in [-0.15, -0.1) is 0 Å². The number of carboxylic acids is 1. The molecule has 18 heavy (non-hydrogen) atoms. The summed E-state index contributed by atoms with van der Waals surface area (Å²) in [5, 5.41) is 8.73. The van der Waals surface area contributed by atoms with Crippen molar-refractivity contribution in [2.24, 2.45) is 0 Å². The number of methoxy groups -OCH3 is 1. The van der Waals surface area contributed by atoms with E-state index in [1.54, 1.807) is 0 Å². The van der Waals surface area contributed by atoms with Gasteiger partial charge in [-0.25, -0.2) is 0 Å². The Morgan fingerprint density at radius 1 is 1.50 bits per heavy atom. The highest BCUT2D eigenvalue weighted by Gasteiger charge is 2.18. The van der Waals surface area contributed by atoms with Gasteiger partial charge in [0.2, 0.25) is 5.56 Å². The molecule has 1 aromatic rings. The Labute approximate surface area is 103 Å². The van der Waals surface area contributed by atoms with E-state index in [0.717, 1.165) is 11.0 Å². The third kappa shape index (κ3) is 4.02. The number of aliphatic carboxylic acids is 1. The van der Waals surface area contributed by atoms with Crippen LogP contribution < -0.4 is 5.56 Å². The van der Waals surface area contributed by atoms with Crippen LogP contribution in [0.3, 0.4) is 0 Å². The van der Waals surface area contributed by atoms with Gasteiger partial charge in [-0.2, -0.15) is 0 Å². The summed E-state index contributed by atoms with van der Waals surface area (Å²) in [4.78, 5) is 37.2. The molecular formula is C11H14N2O5. The van der Waals surface area contributed by atoms with Gasteiger partial charge < -0.3 is 19.7 Å². The Morgan fingerprint density at radius 2 is 2.22 bits per heavy atom. The first-order chi connectivity index (χ1) is 8.54. The predicted molar refractivity (Wildman–Crippen MR) is 62.5 cm³/mol. The molecule has 2 N–H and O–H groups in total. The Kier molecular flexibility index (Phi) is 5.06. The zero-order chi connectivity index (χ0) is 13.5. The van der Waals surface area contributed by atoms with Gasteiger partial charge in [0.05, 0.1) is 6.61 Å². The zero-order valence-corrected chi connectivity index (χ0v) is 9.88. The molecule has 0 saturated heterocycles. The van der Waals surface area contributed by atoms with E-state index < -0.39 is 24.0 Å². The highest BCUT2D eigenvalue weighted by molar-refractivity contribution is 5.95. The van der Waals surface area contributed by atoms with Gasteiger partial charge in [-0.1, -0.05) is 0 Å². The fraction of sp³-hybridized carbons (Fsp3) is 0.364. The predicted octanol–water partition coefficient (Wildman–Crippen LogP) is -0.452. The third-order valence-corrected chi connectivity index (χ3v) is 2.20. The molecule has 98 valence electrons. The normalized spacial score (nSPS) is 10.1. The summed E-state index contributed by atoms with van der Waals surface area (Å²) in [7, 11) is 1.46. The number of hydrogen-bond donors (Lipinski definition) is 2. The standard InChI is InChI=1S/C11H14N2O5/c1-18-5-4-13(7-10(15)16)11(17)8-2-3-12-9(14)6-8/h2-3,6H,4-5,7H2,1H3,(H,12,14)(H,15,16). The van der Waals surface area contributed by atoms with Crippen LogP contribution in [-0.4, -0.2) is 53.7 Å². The number of nitrogens with zero attached hydrogens (tertiary/aromatic N) is 1. The van der Waals surface area contributed by atoms with Crippen molar-refractivity contribution in [2.75, 3.05) is 26.8 Å². The molecule has 1 heterocycles. The molecule has 0 atom stereocenters. The maximum atomic E-state index is 12.0. The number of hydrogen-bond acceptors (Lipinski definition) is 4. The second-order valence-corrected chi connectivity index (χ2v) is 3.55. The van der Waals surface area contributed by atoms with Gasteiger partial charge >= 0.3 is 5.97 Å². The topological polar surface area (TPSA) is 99.7 Å². The van der Waals surface area contributed by atoms with Crippen molar-refractivity contribution in [3.05, 3.63) is 34.2 Å². The lowest BCUT2D eigenvalue weighted by Gasteiger charge is -2.20. The lowest BCUT2D eigenvalue weighted by molar-refractivity contribution is -0.137. The largest absolute Gasteiger partial charge is 0.480 e. The summed E-state index contributed by atoms with van der Waals surface area (Å²) >= 11 is 0. The quantitative estimate of drug-likeness (QED) is 0.716. The Hall–Kier alpha value is -2.15. The molecule has 7 nitrogen and oxygen atoms in total. The highest BCUT2D eigenvalue weighted by atomic mass is 16.5. The Morgan fingerprint density at radius 3 is 2.78 bits per heavy atom. The second kappa shape index (κ2) is 6.55. The molecular weight excluding hydrogens is 240 g/mol. The van der Waals surface area contributed by atoms with Crippen LogP contribution in [0.4, 0.5) is 0 Å². The van der Waals surface area contributed by atoms with E-state index in [0.29, 0.717) is 0 Å². The van der Waals surface area contributed by atoms with Crippen LogP contribution in [0.15, 0.2) is 23.1 Å². The summed E-state index contributed by atoms with van der Waals surface area (Å²) in [6, 6.07) is 2.55. The maximum absolute atomic E-state index is 12.0. The number of nitrogens with one attached hydrogen (secondary N) is 1. The summed E-state index contributed by atoms with van der Waals surface area (Å²) in [6.45, 7) is -0.0639. The molecule has 0 aliphatic rings. The number of carbonyl (C=O) groups is 2. The minimum Gasteiger partial charge on any atom is -0.480 e. The van der Waals surface area contributed by atoms with Gasteiger partial charge in [-0.3, -0.25) is 14.4 Å². The molecule has 7 heteroatoms. The van der Waals surface area contributed by atoms with Crippen molar-refractivity contribution >= 4 is 11.9 Å². The molecule has 0 radical (unpaired) electrons. The molecule has 0 aliphatic carbocycles. The molecule has 0 aromatic carbocycles. The minimum atomic E-state index is -1.12. The zero-order valence-electron chi connectivity index (χ0n) is 9.88. The van der Waals surface area contributed by atoms with E-state index in [1.807, 2.05) is 0 Å². The maximum Gasteiger partial charge on any atom is 0.323 e. The van der Waals surface area contributed by atoms with Gasteiger partial charge in [0.1, 0.15) is 6.54 Å². The van der Waals surface area contributed by atoms with Crippen LogP contribution in [0.2, 0.25) is 0 Å². The second-order valence-electron chi connectivity index (χ2n) is 3.55. The molecule has 0 aliphatic heterocycles. The van der Waals surface area contributed by atoms with Gasteiger partial charge in [-0.05, 0) is 6.07 Å². The van der Waals surface area contributed by atoms with Crippen molar-refractivity contribution in [1.82, 2.24) is 9.88 Å². The molecule has 0 spiro atoms. The van der Waals surface area contributed by atoms with Crippen LogP contribution in [-0.2, 0) is 9.53 Å². The number of amides is 1. The highest BCUT2D eigenvalue weighted by Crippen LogP contribution is 2.01. The molecule has 0 saturated carbocycles. The van der Waals surface area contributed by atoms with Crippen molar-refractivity contribution in [1.29, 1.82) is 0 Å². The minimum absolute atomic E-state index is 0.147. The van der Waals surface area contributed by atoms with E-state index in [4.69, 9.17) is 9.84 Å². The van der Waals surface area contributed by atoms with Crippen molar-refractivity contribution in [3.8, 4) is 0 Å². The van der Waals surface area contributed by atoms with Crippen LogP contribution in [0.1, 0.15) is 10.4 Å². The van der Waals surface area contributed by atoms with Crippen molar-refractivity contribution < 1.29 is 19.4 Å². The number of aromatic amines is 1. The summed E-state index contributed by atoms with van der Waals surface area (Å²) < 4.78 is 4.81. The molecule has 0 unspecified atom stereocenters. The van der Waals surface area contributed by atoms with Gasteiger partial charge in [0.15, 0.2) is 0 Å². The number of aromatic nitrogens is 1. The average molecular weight is 254 g/mol. The molecule has 1 aromatic heterocycles. The molecule has 1 rings (SSSR count).